The Bertz CT molecular complexity index is 1010. The van der Waals surface area contributed by atoms with Gasteiger partial charge in [0.2, 0.25) is 0 Å². The summed E-state index contributed by atoms with van der Waals surface area (Å²) in [5.41, 5.74) is 1.62. The molecule has 13 heteroatoms. The summed E-state index contributed by atoms with van der Waals surface area (Å²) < 4.78 is 37.4. The fraction of sp³-hybridized carbons (Fsp3) is 0.333. The number of halogens is 3. The molecule has 184 valence electrons. The summed E-state index contributed by atoms with van der Waals surface area (Å²) in [6.07, 6.45) is -3.73. The maximum atomic E-state index is 11.1. The van der Waals surface area contributed by atoms with E-state index in [1.54, 1.807) is 0 Å². The molecule has 10 nitrogen and oxygen atoms in total. The number of nitrogens with zero attached hydrogens (tertiary/aromatic N) is 4. The average molecular weight is 484 g/mol. The first-order valence-corrected chi connectivity index (χ1v) is 9.88. The molecule has 2 heterocycles. The van der Waals surface area contributed by atoms with Gasteiger partial charge in [0, 0.05) is 38.1 Å². The predicted molar refractivity (Wildman–Crippen MR) is 115 cm³/mol. The monoisotopic (exact) mass is 484 g/mol. The SMILES string of the molecule is CN1CCN(c2ccc(OC/C(=N\O)c3cc(C(=O)O)ccn3)cc2)CC1.O=C(O)C(F)(F)F. The van der Waals surface area contributed by atoms with Gasteiger partial charge < -0.3 is 30.0 Å². The molecule has 3 rings (SSSR count). The lowest BCUT2D eigenvalue weighted by Crippen LogP contribution is -2.44. The molecule has 1 aliphatic rings. The molecule has 0 unspecified atom stereocenters. The van der Waals surface area contributed by atoms with E-state index in [4.69, 9.17) is 19.7 Å². The van der Waals surface area contributed by atoms with Crippen LogP contribution >= 0.6 is 0 Å². The fourth-order valence-electron chi connectivity index (χ4n) is 2.84. The van der Waals surface area contributed by atoms with Crippen LogP contribution in [0.25, 0.3) is 0 Å². The van der Waals surface area contributed by atoms with Gasteiger partial charge in [-0.3, -0.25) is 4.98 Å². The maximum Gasteiger partial charge on any atom is 0.490 e. The highest BCUT2D eigenvalue weighted by atomic mass is 19.4. The maximum absolute atomic E-state index is 11.1. The van der Waals surface area contributed by atoms with Crippen molar-refractivity contribution >= 4 is 23.3 Å². The van der Waals surface area contributed by atoms with Gasteiger partial charge in [0.1, 0.15) is 18.1 Å². The fourth-order valence-corrected chi connectivity index (χ4v) is 2.84. The van der Waals surface area contributed by atoms with Gasteiger partial charge in [0.05, 0.1) is 11.3 Å². The molecule has 0 amide bonds. The van der Waals surface area contributed by atoms with Crippen molar-refractivity contribution < 1.29 is 42.9 Å². The Morgan fingerprint density at radius 3 is 2.18 bits per heavy atom. The molecule has 1 fully saturated rings. The normalized spacial score (nSPS) is 14.7. The third-order valence-corrected chi connectivity index (χ3v) is 4.75. The largest absolute Gasteiger partial charge is 0.490 e. The summed E-state index contributed by atoms with van der Waals surface area (Å²) in [5.74, 6) is -3.20. The number of piperazine rings is 1. The van der Waals surface area contributed by atoms with Crippen LogP contribution < -0.4 is 9.64 Å². The number of likely N-dealkylation sites (N-methyl/N-ethyl adjacent to an activating group) is 1. The summed E-state index contributed by atoms with van der Waals surface area (Å²) >= 11 is 0. The minimum absolute atomic E-state index is 0.0274. The molecule has 34 heavy (non-hydrogen) atoms. The second-order valence-electron chi connectivity index (χ2n) is 7.16. The number of aromatic carboxylic acids is 1. The van der Waals surface area contributed by atoms with Crippen LogP contribution in [0.2, 0.25) is 0 Å². The summed E-state index contributed by atoms with van der Waals surface area (Å²) in [6.45, 7) is 4.03. The number of benzene rings is 1. The summed E-state index contributed by atoms with van der Waals surface area (Å²) in [4.78, 5) is 28.6. The van der Waals surface area contributed by atoms with Gasteiger partial charge in [-0.1, -0.05) is 5.16 Å². The quantitative estimate of drug-likeness (QED) is 0.321. The van der Waals surface area contributed by atoms with E-state index in [9.17, 15) is 23.2 Å². The van der Waals surface area contributed by atoms with E-state index in [0.717, 1.165) is 31.9 Å². The molecule has 0 atom stereocenters. The zero-order valence-corrected chi connectivity index (χ0v) is 18.1. The van der Waals surface area contributed by atoms with Gasteiger partial charge in [0.15, 0.2) is 0 Å². The Hall–Kier alpha value is -3.87. The third-order valence-electron chi connectivity index (χ3n) is 4.75. The number of anilines is 1. The Morgan fingerprint density at radius 2 is 1.68 bits per heavy atom. The molecule has 0 radical (unpaired) electrons. The van der Waals surface area contributed by atoms with Crippen molar-refractivity contribution in [2.24, 2.45) is 5.16 Å². The predicted octanol–water partition coefficient (Wildman–Crippen LogP) is 2.42. The van der Waals surface area contributed by atoms with Crippen LogP contribution in [0.4, 0.5) is 18.9 Å². The number of aromatic nitrogens is 1. The Morgan fingerprint density at radius 1 is 1.09 bits per heavy atom. The number of alkyl halides is 3. The first-order valence-electron chi connectivity index (χ1n) is 9.88. The molecule has 0 bridgehead atoms. The van der Waals surface area contributed by atoms with Crippen LogP contribution in [-0.4, -0.2) is 89.0 Å². The van der Waals surface area contributed by atoms with Gasteiger partial charge in [-0.2, -0.15) is 13.2 Å². The molecule has 3 N–H and O–H groups in total. The van der Waals surface area contributed by atoms with E-state index in [1.807, 2.05) is 24.3 Å². The minimum Gasteiger partial charge on any atom is -0.487 e. The first kappa shape index (κ1) is 26.4. The van der Waals surface area contributed by atoms with E-state index in [-0.39, 0.29) is 23.6 Å². The van der Waals surface area contributed by atoms with Crippen molar-refractivity contribution in [3.05, 3.63) is 53.9 Å². The molecule has 1 saturated heterocycles. The average Bonchev–Trinajstić information content (AvgIpc) is 2.80. The number of carboxylic acids is 2. The van der Waals surface area contributed by atoms with Crippen LogP contribution in [0.1, 0.15) is 16.1 Å². The van der Waals surface area contributed by atoms with Crippen molar-refractivity contribution in [3.63, 3.8) is 0 Å². The Labute approximate surface area is 192 Å². The zero-order chi connectivity index (χ0) is 25.3. The molecule has 0 saturated carbocycles. The van der Waals surface area contributed by atoms with E-state index < -0.39 is 18.1 Å². The van der Waals surface area contributed by atoms with Crippen LogP contribution in [0.5, 0.6) is 5.75 Å². The molecule has 0 aliphatic carbocycles. The van der Waals surface area contributed by atoms with E-state index in [2.05, 4.69) is 27.0 Å². The van der Waals surface area contributed by atoms with Crippen molar-refractivity contribution in [3.8, 4) is 5.75 Å². The summed E-state index contributed by atoms with van der Waals surface area (Å²) in [7, 11) is 2.12. The van der Waals surface area contributed by atoms with Gasteiger partial charge >= 0.3 is 18.1 Å². The number of carbonyl (C=O) groups is 2. The lowest BCUT2D eigenvalue weighted by Gasteiger charge is -2.34. The molecule has 0 spiro atoms. The molecule has 2 aromatic rings. The minimum atomic E-state index is -5.08. The molecule has 1 aromatic heterocycles. The van der Waals surface area contributed by atoms with Crippen LogP contribution in [0.15, 0.2) is 47.8 Å². The van der Waals surface area contributed by atoms with Gasteiger partial charge in [0.25, 0.3) is 0 Å². The van der Waals surface area contributed by atoms with Crippen molar-refractivity contribution in [2.75, 3.05) is 44.7 Å². The summed E-state index contributed by atoms with van der Waals surface area (Å²) in [6, 6.07) is 10.4. The smallest absolute Gasteiger partial charge is 0.487 e. The van der Waals surface area contributed by atoms with Crippen molar-refractivity contribution in [1.82, 2.24) is 9.88 Å². The second kappa shape index (κ2) is 11.8. The van der Waals surface area contributed by atoms with Gasteiger partial charge in [-0.25, -0.2) is 9.59 Å². The summed E-state index contributed by atoms with van der Waals surface area (Å²) in [5, 5.41) is 28.6. The zero-order valence-electron chi connectivity index (χ0n) is 18.1. The number of pyridine rings is 1. The molecular formula is C21H23F3N4O6. The second-order valence-corrected chi connectivity index (χ2v) is 7.16. The van der Waals surface area contributed by atoms with Crippen LogP contribution in [0.3, 0.4) is 0 Å². The standard InChI is InChI=1S/C19H22N4O4.C2HF3O2/c1-22-8-10-23(11-9-22)15-2-4-16(5-3-15)27-13-18(21-26)17-12-14(19(24)25)6-7-20-17;3-2(4,5)1(6)7/h2-7,12,26H,8-11,13H2,1H3,(H,24,25);(H,6,7)/b21-18+;. The highest BCUT2D eigenvalue weighted by Gasteiger charge is 2.38. The van der Waals surface area contributed by atoms with E-state index >= 15 is 0 Å². The lowest BCUT2D eigenvalue weighted by atomic mass is 10.2. The van der Waals surface area contributed by atoms with Crippen molar-refractivity contribution in [2.45, 2.75) is 6.18 Å². The Kier molecular flexibility index (Phi) is 9.18. The van der Waals surface area contributed by atoms with Crippen LogP contribution in [0, 0.1) is 0 Å². The number of rotatable bonds is 6. The number of hydrogen-bond acceptors (Lipinski definition) is 8. The Balaban J connectivity index is 0.000000509. The number of hydrogen-bond donors (Lipinski definition) is 3. The highest BCUT2D eigenvalue weighted by Crippen LogP contribution is 2.21. The van der Waals surface area contributed by atoms with Gasteiger partial charge in [-0.15, -0.1) is 0 Å². The third kappa shape index (κ3) is 7.92. The lowest BCUT2D eigenvalue weighted by molar-refractivity contribution is -0.192. The highest BCUT2D eigenvalue weighted by molar-refractivity contribution is 6.01. The number of aliphatic carboxylic acids is 1. The first-order chi connectivity index (χ1) is 16.0. The number of carboxylic acid groups (broad SMARTS) is 2. The van der Waals surface area contributed by atoms with Crippen molar-refractivity contribution in [1.29, 1.82) is 0 Å². The number of oxime groups is 1. The topological polar surface area (TPSA) is 136 Å². The van der Waals surface area contributed by atoms with E-state index in [0.29, 0.717) is 5.75 Å². The molecular weight excluding hydrogens is 461 g/mol. The molecule has 1 aliphatic heterocycles. The number of ether oxygens (including phenoxy) is 1. The molecule has 1 aromatic carbocycles. The van der Waals surface area contributed by atoms with Gasteiger partial charge in [-0.05, 0) is 43.4 Å². The van der Waals surface area contributed by atoms with Crippen LogP contribution in [-0.2, 0) is 4.79 Å². The van der Waals surface area contributed by atoms with E-state index in [1.165, 1.54) is 18.3 Å².